The minimum absolute atomic E-state index is 0.714. The van der Waals surface area contributed by atoms with Crippen LogP contribution in [-0.4, -0.2) is 44.2 Å². The van der Waals surface area contributed by atoms with Crippen LogP contribution in [0.4, 0.5) is 5.69 Å². The molecule has 0 aliphatic carbocycles. The number of rotatable bonds is 1. The van der Waals surface area contributed by atoms with Crippen molar-refractivity contribution in [2.24, 2.45) is 0 Å². The van der Waals surface area contributed by atoms with Crippen LogP contribution in [0.15, 0.2) is 24.3 Å². The van der Waals surface area contributed by atoms with Crippen LogP contribution in [0.25, 0.3) is 0 Å². The Balaban J connectivity index is 1.83. The van der Waals surface area contributed by atoms with E-state index in [1.807, 2.05) is 0 Å². The molecule has 0 spiro atoms. The number of fused-ring (bicyclic) bond motifs is 1. The molecular weight excluding hydrogens is 234 g/mol. The van der Waals surface area contributed by atoms with Gasteiger partial charge in [-0.25, -0.2) is 0 Å². The third kappa shape index (κ3) is 2.93. The summed E-state index contributed by atoms with van der Waals surface area (Å²) in [7, 11) is 2.25. The van der Waals surface area contributed by atoms with Gasteiger partial charge in [0.1, 0.15) is 0 Å². The molecule has 3 nitrogen and oxygen atoms in total. The molecule has 3 rings (SSSR count). The second-order valence-electron chi connectivity index (χ2n) is 5.89. The van der Waals surface area contributed by atoms with Crippen molar-refractivity contribution >= 4 is 5.69 Å². The first-order valence-corrected chi connectivity index (χ1v) is 7.58. The van der Waals surface area contributed by atoms with Crippen molar-refractivity contribution < 1.29 is 0 Å². The third-order valence-corrected chi connectivity index (χ3v) is 4.51. The summed E-state index contributed by atoms with van der Waals surface area (Å²) >= 11 is 0. The van der Waals surface area contributed by atoms with Crippen LogP contribution in [0.2, 0.25) is 0 Å². The van der Waals surface area contributed by atoms with Crippen molar-refractivity contribution in [2.45, 2.75) is 31.8 Å². The zero-order valence-corrected chi connectivity index (χ0v) is 11.9. The normalized spacial score (nSPS) is 25.5. The van der Waals surface area contributed by atoms with Crippen molar-refractivity contribution in [3.05, 3.63) is 29.8 Å². The molecule has 1 saturated heterocycles. The van der Waals surface area contributed by atoms with Crippen molar-refractivity contribution in [1.29, 1.82) is 0 Å². The zero-order chi connectivity index (χ0) is 13.1. The average molecular weight is 259 g/mol. The van der Waals surface area contributed by atoms with Crippen molar-refractivity contribution in [1.82, 2.24) is 10.2 Å². The van der Waals surface area contributed by atoms with Crippen molar-refractivity contribution in [3.8, 4) is 0 Å². The van der Waals surface area contributed by atoms with E-state index >= 15 is 0 Å². The summed E-state index contributed by atoms with van der Waals surface area (Å²) in [5.41, 5.74) is 2.92. The Morgan fingerprint density at radius 3 is 2.95 bits per heavy atom. The molecular formula is C16H25N3. The average Bonchev–Trinajstić information content (AvgIpc) is 2.76. The minimum Gasteiger partial charge on any atom is -0.367 e. The fourth-order valence-corrected chi connectivity index (χ4v) is 3.40. The van der Waals surface area contributed by atoms with E-state index < -0.39 is 0 Å². The van der Waals surface area contributed by atoms with E-state index in [9.17, 15) is 0 Å². The largest absolute Gasteiger partial charge is 0.367 e. The van der Waals surface area contributed by atoms with Gasteiger partial charge in [0.25, 0.3) is 0 Å². The number of anilines is 1. The van der Waals surface area contributed by atoms with Gasteiger partial charge in [0.2, 0.25) is 0 Å². The van der Waals surface area contributed by atoms with E-state index in [-0.39, 0.29) is 0 Å². The maximum atomic E-state index is 3.54. The van der Waals surface area contributed by atoms with Crippen LogP contribution in [-0.2, 0) is 6.54 Å². The van der Waals surface area contributed by atoms with E-state index in [2.05, 4.69) is 46.4 Å². The predicted octanol–water partition coefficient (Wildman–Crippen LogP) is 2.08. The van der Waals surface area contributed by atoms with Crippen LogP contribution in [0.5, 0.6) is 0 Å². The number of para-hydroxylation sites is 1. The van der Waals surface area contributed by atoms with E-state index in [0.717, 1.165) is 19.6 Å². The Kier molecular flexibility index (Phi) is 4.04. The molecule has 1 fully saturated rings. The SMILES string of the molecule is CN1CCCC(N2CCNCc3ccccc32)CC1. The summed E-state index contributed by atoms with van der Waals surface area (Å²) in [6, 6.07) is 9.62. The lowest BCUT2D eigenvalue weighted by molar-refractivity contribution is 0.346. The number of benzene rings is 1. The van der Waals surface area contributed by atoms with Crippen molar-refractivity contribution in [2.75, 3.05) is 38.1 Å². The molecule has 2 aliphatic rings. The highest BCUT2D eigenvalue weighted by atomic mass is 15.2. The van der Waals surface area contributed by atoms with E-state index in [0.29, 0.717) is 6.04 Å². The first-order chi connectivity index (χ1) is 9.34. The molecule has 19 heavy (non-hydrogen) atoms. The van der Waals surface area contributed by atoms with E-state index in [4.69, 9.17) is 0 Å². The number of nitrogens with zero attached hydrogens (tertiary/aromatic N) is 2. The summed E-state index contributed by atoms with van der Waals surface area (Å²) in [4.78, 5) is 5.14. The summed E-state index contributed by atoms with van der Waals surface area (Å²) in [6.07, 6.45) is 3.96. The number of hydrogen-bond acceptors (Lipinski definition) is 3. The fraction of sp³-hybridized carbons (Fsp3) is 0.625. The lowest BCUT2D eigenvalue weighted by atomic mass is 10.0. The highest BCUT2D eigenvalue weighted by molar-refractivity contribution is 5.55. The first-order valence-electron chi connectivity index (χ1n) is 7.58. The minimum atomic E-state index is 0.714. The van der Waals surface area contributed by atoms with Gasteiger partial charge in [0, 0.05) is 31.4 Å². The standard InChI is InChI=1S/C16H25N3/c1-18-10-4-6-15(8-11-18)19-12-9-17-13-14-5-2-3-7-16(14)19/h2-3,5,7,15,17H,4,6,8-13H2,1H3. The predicted molar refractivity (Wildman–Crippen MR) is 80.6 cm³/mol. The highest BCUT2D eigenvalue weighted by Gasteiger charge is 2.24. The van der Waals surface area contributed by atoms with Crippen LogP contribution in [0.3, 0.4) is 0 Å². The quantitative estimate of drug-likeness (QED) is 0.833. The molecule has 1 unspecified atom stereocenters. The van der Waals surface area contributed by atoms with Crippen molar-refractivity contribution in [3.63, 3.8) is 0 Å². The molecule has 1 aromatic rings. The van der Waals surface area contributed by atoms with Gasteiger partial charge < -0.3 is 15.1 Å². The van der Waals surface area contributed by atoms with Gasteiger partial charge in [-0.2, -0.15) is 0 Å². The fourth-order valence-electron chi connectivity index (χ4n) is 3.40. The van der Waals surface area contributed by atoms with Gasteiger partial charge in [-0.1, -0.05) is 18.2 Å². The molecule has 3 heteroatoms. The number of hydrogen-bond donors (Lipinski definition) is 1. The lowest BCUT2D eigenvalue weighted by Gasteiger charge is -2.33. The molecule has 0 aromatic heterocycles. The monoisotopic (exact) mass is 259 g/mol. The summed E-state index contributed by atoms with van der Waals surface area (Å²) in [6.45, 7) is 5.74. The Hall–Kier alpha value is -1.06. The number of likely N-dealkylation sites (tertiary alicyclic amines) is 1. The van der Waals surface area contributed by atoms with Gasteiger partial charge in [0.15, 0.2) is 0 Å². The summed E-state index contributed by atoms with van der Waals surface area (Å²) < 4.78 is 0. The highest BCUT2D eigenvalue weighted by Crippen LogP contribution is 2.27. The maximum Gasteiger partial charge on any atom is 0.0414 e. The molecule has 1 aromatic carbocycles. The Bertz CT molecular complexity index is 418. The molecule has 1 atom stereocenters. The Morgan fingerprint density at radius 1 is 1.11 bits per heavy atom. The van der Waals surface area contributed by atoms with Gasteiger partial charge >= 0.3 is 0 Å². The molecule has 1 N–H and O–H groups in total. The molecule has 0 amide bonds. The third-order valence-electron chi connectivity index (χ3n) is 4.51. The van der Waals surface area contributed by atoms with E-state index in [1.165, 1.54) is 43.6 Å². The molecule has 2 aliphatic heterocycles. The van der Waals surface area contributed by atoms with E-state index in [1.54, 1.807) is 0 Å². The molecule has 0 bridgehead atoms. The van der Waals surface area contributed by atoms with Crippen LogP contribution >= 0.6 is 0 Å². The smallest absolute Gasteiger partial charge is 0.0414 e. The van der Waals surface area contributed by atoms with Gasteiger partial charge in [-0.15, -0.1) is 0 Å². The molecule has 0 radical (unpaired) electrons. The van der Waals surface area contributed by atoms with Gasteiger partial charge in [-0.05, 0) is 51.0 Å². The topological polar surface area (TPSA) is 18.5 Å². The summed E-state index contributed by atoms with van der Waals surface area (Å²) in [5, 5.41) is 3.54. The van der Waals surface area contributed by atoms with Gasteiger partial charge in [0.05, 0.1) is 0 Å². The Labute approximate surface area is 116 Å². The molecule has 104 valence electrons. The second-order valence-corrected chi connectivity index (χ2v) is 5.89. The maximum absolute atomic E-state index is 3.54. The first kappa shape index (κ1) is 12.9. The van der Waals surface area contributed by atoms with Crippen LogP contribution in [0.1, 0.15) is 24.8 Å². The second kappa shape index (κ2) is 5.93. The lowest BCUT2D eigenvalue weighted by Crippen LogP contribution is -2.39. The Morgan fingerprint density at radius 2 is 2.00 bits per heavy atom. The summed E-state index contributed by atoms with van der Waals surface area (Å²) in [5.74, 6) is 0. The zero-order valence-electron chi connectivity index (χ0n) is 11.9. The molecule has 2 heterocycles. The van der Waals surface area contributed by atoms with Crippen LogP contribution < -0.4 is 10.2 Å². The molecule has 0 saturated carbocycles. The van der Waals surface area contributed by atoms with Gasteiger partial charge in [-0.3, -0.25) is 0 Å². The van der Waals surface area contributed by atoms with Crippen LogP contribution in [0, 0.1) is 0 Å². The number of nitrogens with one attached hydrogen (secondary N) is 1.